The number of carbonyl (C=O) groups is 2. The molecule has 1 fully saturated rings. The van der Waals surface area contributed by atoms with Crippen LogP contribution in [0.25, 0.3) is 11.1 Å². The third-order valence-corrected chi connectivity index (χ3v) is 4.64. The zero-order valence-electron chi connectivity index (χ0n) is 13.9. The van der Waals surface area contributed by atoms with E-state index >= 15 is 0 Å². The number of carbonyl (C=O) groups excluding carboxylic acids is 2. The average molecular weight is 341 g/mol. The maximum absolute atomic E-state index is 12.2. The summed E-state index contributed by atoms with van der Waals surface area (Å²) in [6.45, 7) is 2.17. The molecule has 2 amide bonds. The van der Waals surface area contributed by atoms with Crippen molar-refractivity contribution in [2.24, 2.45) is 0 Å². The quantitative estimate of drug-likeness (QED) is 0.926. The molecule has 2 aliphatic rings. The Kier molecular flexibility index (Phi) is 3.91. The molecular formula is C18H19N3O4. The van der Waals surface area contributed by atoms with Crippen LogP contribution in [0.3, 0.4) is 0 Å². The van der Waals surface area contributed by atoms with Crippen LogP contribution < -0.4 is 10.2 Å². The van der Waals surface area contributed by atoms with Crippen LogP contribution in [0.15, 0.2) is 28.9 Å². The fourth-order valence-electron chi connectivity index (χ4n) is 3.40. The predicted molar refractivity (Wildman–Crippen MR) is 90.3 cm³/mol. The molecule has 25 heavy (non-hydrogen) atoms. The van der Waals surface area contributed by atoms with Gasteiger partial charge in [0, 0.05) is 24.6 Å². The van der Waals surface area contributed by atoms with E-state index in [2.05, 4.69) is 16.5 Å². The molecule has 0 saturated carbocycles. The maximum atomic E-state index is 12.2. The second-order valence-electron chi connectivity index (χ2n) is 6.41. The number of aryl methyl sites for hydroxylation is 2. The Morgan fingerprint density at radius 2 is 2.24 bits per heavy atom. The lowest BCUT2D eigenvalue weighted by atomic mass is 9.99. The van der Waals surface area contributed by atoms with Crippen molar-refractivity contribution in [2.75, 3.05) is 18.0 Å². The van der Waals surface area contributed by atoms with Gasteiger partial charge in [-0.25, -0.2) is 4.79 Å². The van der Waals surface area contributed by atoms with E-state index in [9.17, 15) is 9.59 Å². The molecule has 0 unspecified atom stereocenters. The van der Waals surface area contributed by atoms with E-state index in [-0.39, 0.29) is 12.0 Å². The van der Waals surface area contributed by atoms with Crippen LogP contribution in [0.4, 0.5) is 10.5 Å². The molecule has 1 atom stereocenters. The van der Waals surface area contributed by atoms with E-state index in [1.165, 1.54) is 12.5 Å². The summed E-state index contributed by atoms with van der Waals surface area (Å²) in [4.78, 5) is 24.9. The Labute approximate surface area is 144 Å². The molecule has 1 aliphatic heterocycles. The molecule has 1 aromatic carbocycles. The number of fused-ring (bicyclic) bond motifs is 3. The van der Waals surface area contributed by atoms with Crippen LogP contribution in [0.2, 0.25) is 0 Å². The first-order valence-electron chi connectivity index (χ1n) is 8.41. The lowest BCUT2D eigenvalue weighted by Crippen LogP contribution is -2.33. The Morgan fingerprint density at radius 3 is 3.08 bits per heavy atom. The number of cyclic esters (lactones) is 1. The topological polar surface area (TPSA) is 84.7 Å². The summed E-state index contributed by atoms with van der Waals surface area (Å²) >= 11 is 0. The van der Waals surface area contributed by atoms with Gasteiger partial charge in [-0.3, -0.25) is 9.69 Å². The van der Waals surface area contributed by atoms with Crippen molar-refractivity contribution in [3.05, 3.63) is 35.7 Å². The van der Waals surface area contributed by atoms with Crippen LogP contribution in [0.1, 0.15) is 24.7 Å². The van der Waals surface area contributed by atoms with Gasteiger partial charge in [-0.05, 0) is 36.1 Å². The summed E-state index contributed by atoms with van der Waals surface area (Å²) < 4.78 is 10.7. The van der Waals surface area contributed by atoms with Gasteiger partial charge in [0.05, 0.1) is 19.3 Å². The van der Waals surface area contributed by atoms with Gasteiger partial charge >= 0.3 is 6.09 Å². The van der Waals surface area contributed by atoms with Crippen LogP contribution in [0.5, 0.6) is 0 Å². The van der Waals surface area contributed by atoms with Crippen molar-refractivity contribution in [1.29, 1.82) is 0 Å². The number of ether oxygens (including phenoxy) is 1. The number of nitrogens with zero attached hydrogens (tertiary/aromatic N) is 2. The summed E-state index contributed by atoms with van der Waals surface area (Å²) in [5, 5.41) is 6.60. The van der Waals surface area contributed by atoms with E-state index in [4.69, 9.17) is 9.26 Å². The van der Waals surface area contributed by atoms with Crippen molar-refractivity contribution >= 4 is 17.7 Å². The highest BCUT2D eigenvalue weighted by Gasteiger charge is 2.33. The predicted octanol–water partition coefficient (Wildman–Crippen LogP) is 2.29. The largest absolute Gasteiger partial charge is 0.442 e. The van der Waals surface area contributed by atoms with Gasteiger partial charge in [0.15, 0.2) is 0 Å². The Morgan fingerprint density at radius 1 is 1.36 bits per heavy atom. The molecule has 0 radical (unpaired) electrons. The minimum Gasteiger partial charge on any atom is -0.442 e. The van der Waals surface area contributed by atoms with Gasteiger partial charge in [-0.2, -0.15) is 0 Å². The molecule has 2 aromatic rings. The summed E-state index contributed by atoms with van der Waals surface area (Å²) in [5.74, 6) is 0.753. The molecule has 1 saturated heterocycles. The number of rotatable bonds is 3. The highest BCUT2D eigenvalue weighted by Crippen LogP contribution is 2.35. The van der Waals surface area contributed by atoms with Crippen LogP contribution in [0, 0.1) is 0 Å². The lowest BCUT2D eigenvalue weighted by Gasteiger charge is -2.16. The molecule has 2 heterocycles. The summed E-state index contributed by atoms with van der Waals surface area (Å²) in [6, 6.07) is 6.00. The van der Waals surface area contributed by atoms with Crippen molar-refractivity contribution < 1.29 is 18.8 Å². The number of anilines is 1. The fourth-order valence-corrected chi connectivity index (χ4v) is 3.40. The minimum absolute atomic E-state index is 0.139. The number of aromatic nitrogens is 1. The molecule has 1 aliphatic carbocycles. The Balaban J connectivity index is 1.61. The third kappa shape index (κ3) is 2.97. The molecular weight excluding hydrogens is 322 g/mol. The van der Waals surface area contributed by atoms with Crippen molar-refractivity contribution in [3.63, 3.8) is 0 Å². The van der Waals surface area contributed by atoms with E-state index < -0.39 is 6.09 Å². The second kappa shape index (κ2) is 6.23. The number of nitrogens with one attached hydrogen (secondary N) is 1. The van der Waals surface area contributed by atoms with E-state index in [0.29, 0.717) is 13.1 Å². The number of amides is 2. The lowest BCUT2D eigenvalue weighted by molar-refractivity contribution is -0.119. The van der Waals surface area contributed by atoms with Crippen LogP contribution >= 0.6 is 0 Å². The molecule has 7 nitrogen and oxygen atoms in total. The van der Waals surface area contributed by atoms with Crippen LogP contribution in [-0.2, 0) is 22.4 Å². The average Bonchev–Trinajstić information content (AvgIpc) is 3.16. The first kappa shape index (κ1) is 15.7. The van der Waals surface area contributed by atoms with E-state index in [1.807, 2.05) is 12.1 Å². The molecule has 0 spiro atoms. The summed E-state index contributed by atoms with van der Waals surface area (Å²) in [6.07, 6.45) is 3.85. The smallest absolute Gasteiger partial charge is 0.414 e. The molecule has 0 bridgehead atoms. The van der Waals surface area contributed by atoms with Gasteiger partial charge in [-0.1, -0.05) is 11.2 Å². The summed E-state index contributed by atoms with van der Waals surface area (Å²) in [7, 11) is 0. The van der Waals surface area contributed by atoms with Gasteiger partial charge in [-0.15, -0.1) is 0 Å². The standard InChI is InChI=1S/C18H19N3O4/c1-11(22)19-8-14-10-21(18(23)24-14)13-6-5-12-3-2-4-17-16(9-20-25-17)15(12)7-13/h5-7,9,14H,2-4,8,10H2,1H3,(H,19,22)/t14-/m0/s1. The van der Waals surface area contributed by atoms with E-state index in [1.54, 1.807) is 11.1 Å². The summed E-state index contributed by atoms with van der Waals surface area (Å²) in [5.41, 5.74) is 4.07. The first-order chi connectivity index (χ1) is 12.1. The molecule has 130 valence electrons. The van der Waals surface area contributed by atoms with Crippen molar-refractivity contribution in [3.8, 4) is 11.1 Å². The van der Waals surface area contributed by atoms with Crippen LogP contribution in [-0.4, -0.2) is 36.4 Å². The number of hydrogen-bond donors (Lipinski definition) is 1. The Hall–Kier alpha value is -2.83. The molecule has 1 aromatic heterocycles. The molecule has 4 rings (SSSR count). The highest BCUT2D eigenvalue weighted by atomic mass is 16.6. The Bertz CT molecular complexity index is 829. The number of hydrogen-bond acceptors (Lipinski definition) is 5. The molecule has 1 N–H and O–H groups in total. The normalized spacial score (nSPS) is 19.0. The fraction of sp³-hybridized carbons (Fsp3) is 0.389. The highest BCUT2D eigenvalue weighted by molar-refractivity contribution is 5.91. The van der Waals surface area contributed by atoms with Gasteiger partial charge in [0.1, 0.15) is 11.9 Å². The minimum atomic E-state index is -0.394. The zero-order chi connectivity index (χ0) is 17.4. The van der Waals surface area contributed by atoms with Crippen molar-refractivity contribution in [2.45, 2.75) is 32.3 Å². The monoisotopic (exact) mass is 341 g/mol. The molecule has 7 heteroatoms. The zero-order valence-corrected chi connectivity index (χ0v) is 13.9. The van der Waals surface area contributed by atoms with Gasteiger partial charge in [0.2, 0.25) is 5.91 Å². The first-order valence-corrected chi connectivity index (χ1v) is 8.41. The van der Waals surface area contributed by atoms with E-state index in [0.717, 1.165) is 41.8 Å². The van der Waals surface area contributed by atoms with Gasteiger partial charge < -0.3 is 14.6 Å². The SMILES string of the molecule is CC(=O)NC[C@H]1CN(c2ccc3c(c2)-c2cnoc2CCC3)C(=O)O1. The third-order valence-electron chi connectivity index (χ3n) is 4.64. The number of benzene rings is 1. The second-order valence-corrected chi connectivity index (χ2v) is 6.41. The van der Waals surface area contributed by atoms with Crippen molar-refractivity contribution in [1.82, 2.24) is 10.5 Å². The van der Waals surface area contributed by atoms with Gasteiger partial charge in [0.25, 0.3) is 0 Å². The maximum Gasteiger partial charge on any atom is 0.414 e.